The van der Waals surface area contributed by atoms with Gasteiger partial charge >= 0.3 is 24.5 Å². The van der Waals surface area contributed by atoms with Crippen LogP contribution < -0.4 is 5.32 Å². The van der Waals surface area contributed by atoms with Crippen LogP contribution in [0.5, 0.6) is 0 Å². The van der Waals surface area contributed by atoms with Crippen LogP contribution in [0.2, 0.25) is 0 Å². The molecule has 44 heavy (non-hydrogen) atoms. The first-order chi connectivity index (χ1) is 20.1. The van der Waals surface area contributed by atoms with E-state index in [0.29, 0.717) is 55.9 Å². The van der Waals surface area contributed by atoms with Crippen molar-refractivity contribution in [2.45, 2.75) is 50.7 Å². The first kappa shape index (κ1) is 35.2. The molecule has 4 rings (SSSR count). The monoisotopic (exact) mass is 654 g/mol. The minimum absolute atomic E-state index is 0. The van der Waals surface area contributed by atoms with Gasteiger partial charge in [0.1, 0.15) is 11.9 Å². The van der Waals surface area contributed by atoms with Gasteiger partial charge in [0.15, 0.2) is 0 Å². The molecule has 0 aromatic heterocycles. The highest BCUT2D eigenvalue weighted by atomic mass is 35.5. The maximum absolute atomic E-state index is 13.9. The van der Waals surface area contributed by atoms with Crippen molar-refractivity contribution in [3.63, 3.8) is 0 Å². The predicted molar refractivity (Wildman–Crippen MR) is 150 cm³/mol. The number of ether oxygens (including phenoxy) is 1. The molecule has 2 atom stereocenters. The topological polar surface area (TPSA) is 65.1 Å². The smallest absolute Gasteiger partial charge is 0.416 e. The molecule has 244 valence electrons. The van der Waals surface area contributed by atoms with Gasteiger partial charge in [0.05, 0.1) is 17.2 Å². The third-order valence-electron chi connectivity index (χ3n) is 7.77. The molecule has 2 aliphatic rings. The van der Waals surface area contributed by atoms with Crippen molar-refractivity contribution in [2.75, 3.05) is 46.3 Å². The molecule has 2 saturated heterocycles. The minimum atomic E-state index is -4.97. The fourth-order valence-corrected chi connectivity index (χ4v) is 5.38. The van der Waals surface area contributed by atoms with Gasteiger partial charge in [-0.3, -0.25) is 0 Å². The summed E-state index contributed by atoms with van der Waals surface area (Å²) in [6, 6.07) is 4.21. The molecule has 15 heteroatoms. The molecule has 2 fully saturated rings. The minimum Gasteiger partial charge on any atom is -0.446 e. The molecule has 1 N–H and O–H groups in total. The molecule has 0 unspecified atom stereocenters. The Kier molecular flexibility index (Phi) is 11.4. The van der Waals surface area contributed by atoms with Crippen LogP contribution in [-0.4, -0.2) is 79.2 Å². The van der Waals surface area contributed by atoms with E-state index in [0.717, 1.165) is 0 Å². The average Bonchev–Trinajstić information content (AvgIpc) is 2.92. The number of piperazine rings is 1. The molecule has 0 bridgehead atoms. The van der Waals surface area contributed by atoms with E-state index in [9.17, 15) is 40.3 Å². The molecule has 2 aliphatic heterocycles. The summed E-state index contributed by atoms with van der Waals surface area (Å²) in [5, 5.41) is 2.59. The lowest BCUT2D eigenvalue weighted by atomic mass is 9.91. The summed E-state index contributed by atoms with van der Waals surface area (Å²) < 4.78 is 99.0. The molecule has 0 aliphatic carbocycles. The lowest BCUT2D eigenvalue weighted by molar-refractivity contribution is -0.143. The maximum atomic E-state index is 13.9. The number of benzene rings is 2. The second-order valence-electron chi connectivity index (χ2n) is 10.9. The van der Waals surface area contributed by atoms with Gasteiger partial charge < -0.3 is 24.8 Å². The number of urea groups is 1. The lowest BCUT2D eigenvalue weighted by Crippen LogP contribution is -2.51. The van der Waals surface area contributed by atoms with Crippen molar-refractivity contribution in [1.29, 1.82) is 0 Å². The summed E-state index contributed by atoms with van der Waals surface area (Å²) in [7, 11) is 1.96. The molecular weight excluding hydrogens is 621 g/mol. The summed E-state index contributed by atoms with van der Waals surface area (Å²) in [6.07, 6.45) is -10.7. The predicted octanol–water partition coefficient (Wildman–Crippen LogP) is 6.44. The summed E-state index contributed by atoms with van der Waals surface area (Å²) in [6.45, 7) is 4.06. The number of likely N-dealkylation sites (N-methyl/N-ethyl adjacent to an activating group) is 1. The first-order valence-electron chi connectivity index (χ1n) is 13.8. The second kappa shape index (κ2) is 14.2. The van der Waals surface area contributed by atoms with Crippen molar-refractivity contribution in [1.82, 2.24) is 20.0 Å². The van der Waals surface area contributed by atoms with Gasteiger partial charge in [0.2, 0.25) is 0 Å². The second-order valence-corrected chi connectivity index (χ2v) is 10.9. The van der Waals surface area contributed by atoms with Crippen LogP contribution in [-0.2, 0) is 23.5 Å². The van der Waals surface area contributed by atoms with E-state index in [1.165, 1.54) is 17.0 Å². The van der Waals surface area contributed by atoms with Gasteiger partial charge in [-0.1, -0.05) is 6.07 Å². The average molecular weight is 655 g/mol. The number of likely N-dealkylation sites (tertiary alicyclic amines) is 1. The highest BCUT2D eigenvalue weighted by Gasteiger charge is 2.38. The van der Waals surface area contributed by atoms with Crippen LogP contribution in [0.3, 0.4) is 0 Å². The van der Waals surface area contributed by atoms with E-state index < -0.39 is 53.6 Å². The van der Waals surface area contributed by atoms with Crippen LogP contribution in [0.15, 0.2) is 36.4 Å². The molecule has 2 heterocycles. The number of aryl methyl sites for hydroxylation is 1. The number of amides is 3. The highest BCUT2D eigenvalue weighted by Crippen LogP contribution is 2.37. The highest BCUT2D eigenvalue weighted by molar-refractivity contribution is 5.85. The number of piperidine rings is 1. The van der Waals surface area contributed by atoms with E-state index in [1.807, 2.05) is 7.05 Å². The molecule has 0 saturated carbocycles. The van der Waals surface area contributed by atoms with Crippen LogP contribution in [0.25, 0.3) is 0 Å². The SMILES string of the molecule is Cc1cc(F)ccc1[C@H]1C[C@@H](OC(=O)N2CCN(C)CC2)CCN1C(=O)NCCc1cc(C(F)(F)F)cc(C(F)(F)F)c1.Cl. The normalized spacial score (nSPS) is 19.8. The summed E-state index contributed by atoms with van der Waals surface area (Å²) >= 11 is 0. The fourth-order valence-electron chi connectivity index (χ4n) is 5.38. The lowest BCUT2D eigenvalue weighted by Gasteiger charge is -2.40. The third-order valence-corrected chi connectivity index (χ3v) is 7.77. The van der Waals surface area contributed by atoms with E-state index in [4.69, 9.17) is 4.74 Å². The summed E-state index contributed by atoms with van der Waals surface area (Å²) in [5.74, 6) is -0.467. The van der Waals surface area contributed by atoms with Crippen LogP contribution >= 0.6 is 12.4 Å². The Hall–Kier alpha value is -3.26. The number of hydrogen-bond acceptors (Lipinski definition) is 4. The van der Waals surface area contributed by atoms with Gasteiger partial charge in [-0.25, -0.2) is 14.0 Å². The Bertz CT molecular complexity index is 1280. The van der Waals surface area contributed by atoms with Crippen molar-refractivity contribution in [2.24, 2.45) is 0 Å². The zero-order valence-corrected chi connectivity index (χ0v) is 24.9. The Balaban J connectivity index is 0.00000529. The van der Waals surface area contributed by atoms with Crippen molar-refractivity contribution < 1.29 is 45.1 Å². The van der Waals surface area contributed by atoms with Crippen LogP contribution in [0, 0.1) is 12.7 Å². The number of nitrogens with one attached hydrogen (secondary N) is 1. The number of carbonyl (C=O) groups is 2. The molecule has 2 aromatic rings. The van der Waals surface area contributed by atoms with Crippen LogP contribution in [0.4, 0.5) is 40.3 Å². The number of nitrogens with zero attached hydrogens (tertiary/aromatic N) is 3. The molecule has 3 amide bonds. The summed E-state index contributed by atoms with van der Waals surface area (Å²) in [5.41, 5.74) is -1.89. The van der Waals surface area contributed by atoms with E-state index in [-0.39, 0.29) is 50.0 Å². The third kappa shape index (κ3) is 8.90. The molecule has 0 spiro atoms. The molecule has 2 aromatic carbocycles. The number of hydrogen-bond donors (Lipinski definition) is 1. The Morgan fingerprint density at radius 1 is 0.932 bits per heavy atom. The van der Waals surface area contributed by atoms with Gasteiger partial charge in [0, 0.05) is 52.1 Å². The zero-order valence-electron chi connectivity index (χ0n) is 24.1. The van der Waals surface area contributed by atoms with Crippen molar-refractivity contribution >= 4 is 24.5 Å². The first-order valence-corrected chi connectivity index (χ1v) is 13.8. The fraction of sp³-hybridized carbons (Fsp3) is 0.517. The molecule has 0 radical (unpaired) electrons. The van der Waals surface area contributed by atoms with Crippen molar-refractivity contribution in [3.05, 3.63) is 70.0 Å². The Labute approximate surface area is 256 Å². The van der Waals surface area contributed by atoms with E-state index >= 15 is 0 Å². The van der Waals surface area contributed by atoms with Gasteiger partial charge in [0.25, 0.3) is 0 Å². The largest absolute Gasteiger partial charge is 0.446 e. The number of carbonyl (C=O) groups excluding carboxylic acids is 2. The molecule has 7 nitrogen and oxygen atoms in total. The quantitative estimate of drug-likeness (QED) is 0.378. The Morgan fingerprint density at radius 2 is 1.55 bits per heavy atom. The van der Waals surface area contributed by atoms with Gasteiger partial charge in [-0.15, -0.1) is 12.4 Å². The standard InChI is InChI=1S/C29H33F7N4O3.ClH/c1-18-13-22(30)3-4-24(18)25-17-23(43-27(42)39-11-9-38(2)10-12-39)6-8-40(25)26(41)37-7-5-19-14-20(28(31,32)33)16-21(15-19)29(34,35)36;/h3-4,13-16,23,25H,5-12,17H2,1-2H3,(H,37,41);1H/t23-,25+;/m0./s1. The molecular formula is C29H34ClF7N4O3. The van der Waals surface area contributed by atoms with Crippen LogP contribution in [0.1, 0.15) is 46.7 Å². The Morgan fingerprint density at radius 3 is 2.11 bits per heavy atom. The zero-order chi connectivity index (χ0) is 31.5. The number of rotatable bonds is 5. The maximum Gasteiger partial charge on any atom is 0.416 e. The summed E-state index contributed by atoms with van der Waals surface area (Å²) in [4.78, 5) is 31.2. The van der Waals surface area contributed by atoms with Gasteiger partial charge in [-0.05, 0) is 67.4 Å². The van der Waals surface area contributed by atoms with E-state index in [2.05, 4.69) is 10.2 Å². The number of halogens is 8. The van der Waals surface area contributed by atoms with Gasteiger partial charge in [-0.2, -0.15) is 26.3 Å². The number of alkyl halides is 6. The van der Waals surface area contributed by atoms with Crippen molar-refractivity contribution in [3.8, 4) is 0 Å². The van der Waals surface area contributed by atoms with E-state index in [1.54, 1.807) is 17.9 Å².